The molecule has 2 aromatic carbocycles. The second kappa shape index (κ2) is 8.69. The summed E-state index contributed by atoms with van der Waals surface area (Å²) in [6.45, 7) is 2.12. The molecule has 0 bridgehead atoms. The van der Waals surface area contributed by atoms with Crippen molar-refractivity contribution < 1.29 is 18.7 Å². The molecule has 0 amide bonds. The number of aryl methyl sites for hydroxylation is 1. The maximum absolute atomic E-state index is 12.3. The van der Waals surface area contributed by atoms with Gasteiger partial charge in [0.25, 0.3) is 0 Å². The number of thiazole rings is 1. The summed E-state index contributed by atoms with van der Waals surface area (Å²) in [7, 11) is 0. The number of aromatic nitrogens is 1. The van der Waals surface area contributed by atoms with E-state index < -0.39 is 11.6 Å². The van der Waals surface area contributed by atoms with Gasteiger partial charge in [0.05, 0.1) is 12.1 Å². The van der Waals surface area contributed by atoms with Gasteiger partial charge in [-0.3, -0.25) is 4.79 Å². The summed E-state index contributed by atoms with van der Waals surface area (Å²) < 4.78 is 16.2. The smallest absolute Gasteiger partial charge is 0.336 e. The van der Waals surface area contributed by atoms with Crippen LogP contribution in [0.15, 0.2) is 63.1 Å². The van der Waals surface area contributed by atoms with E-state index in [0.717, 1.165) is 16.0 Å². The molecule has 0 spiro atoms. The zero-order valence-corrected chi connectivity index (χ0v) is 17.5. The minimum atomic E-state index is -0.459. The topological polar surface area (TPSA) is 78.6 Å². The van der Waals surface area contributed by atoms with Crippen molar-refractivity contribution in [3.63, 3.8) is 0 Å². The van der Waals surface area contributed by atoms with Crippen LogP contribution in [0.25, 0.3) is 11.0 Å². The van der Waals surface area contributed by atoms with Crippen LogP contribution in [0, 0.1) is 6.92 Å². The first kappa shape index (κ1) is 20.1. The van der Waals surface area contributed by atoms with E-state index in [-0.39, 0.29) is 6.42 Å². The van der Waals surface area contributed by atoms with Gasteiger partial charge in [-0.15, -0.1) is 11.3 Å². The van der Waals surface area contributed by atoms with E-state index in [1.807, 2.05) is 6.92 Å². The van der Waals surface area contributed by atoms with E-state index in [0.29, 0.717) is 34.4 Å². The fourth-order valence-corrected chi connectivity index (χ4v) is 3.69. The molecule has 0 fully saturated rings. The van der Waals surface area contributed by atoms with Crippen molar-refractivity contribution in [2.75, 3.05) is 0 Å². The van der Waals surface area contributed by atoms with Crippen molar-refractivity contribution in [2.45, 2.75) is 20.0 Å². The molecule has 2 aromatic heterocycles. The molecule has 0 saturated heterocycles. The van der Waals surface area contributed by atoms with E-state index in [9.17, 15) is 9.59 Å². The summed E-state index contributed by atoms with van der Waals surface area (Å²) >= 11 is 7.26. The summed E-state index contributed by atoms with van der Waals surface area (Å²) in [5.41, 5.74) is 1.33. The Morgan fingerprint density at radius 1 is 1.13 bits per heavy atom. The average Bonchev–Trinajstić information content (AvgIpc) is 3.14. The average molecular weight is 442 g/mol. The zero-order valence-electron chi connectivity index (χ0n) is 15.9. The number of nitrogens with zero attached hydrogens (tertiary/aromatic N) is 1. The largest absolute Gasteiger partial charge is 0.486 e. The van der Waals surface area contributed by atoms with E-state index >= 15 is 0 Å². The summed E-state index contributed by atoms with van der Waals surface area (Å²) in [4.78, 5) is 28.2. The lowest BCUT2D eigenvalue weighted by atomic mass is 10.1. The highest BCUT2D eigenvalue weighted by Crippen LogP contribution is 2.23. The second-order valence-corrected chi connectivity index (χ2v) is 7.91. The SMILES string of the molecule is Cc1cc(=O)oc2cc(OC(=O)Cc3csc(COc4ccc(Cl)cc4)n3)ccc12. The first-order valence-electron chi connectivity index (χ1n) is 9.03. The second-order valence-electron chi connectivity index (χ2n) is 6.53. The Hall–Kier alpha value is -3.16. The molecule has 0 unspecified atom stereocenters. The number of ether oxygens (including phenoxy) is 2. The molecule has 0 radical (unpaired) electrons. The maximum atomic E-state index is 12.3. The minimum absolute atomic E-state index is 0.0211. The number of benzene rings is 2. The van der Waals surface area contributed by atoms with Crippen molar-refractivity contribution in [3.05, 3.63) is 85.6 Å². The molecule has 30 heavy (non-hydrogen) atoms. The first-order chi connectivity index (χ1) is 14.5. The number of hydrogen-bond acceptors (Lipinski definition) is 7. The molecular formula is C22H16ClNO5S. The number of esters is 1. The highest BCUT2D eigenvalue weighted by Gasteiger charge is 2.12. The van der Waals surface area contributed by atoms with Crippen molar-refractivity contribution in [3.8, 4) is 11.5 Å². The number of hydrogen-bond donors (Lipinski definition) is 0. The van der Waals surface area contributed by atoms with Crippen molar-refractivity contribution in [1.29, 1.82) is 0 Å². The fraction of sp³-hybridized carbons (Fsp3) is 0.136. The molecule has 0 N–H and O–H groups in total. The van der Waals surface area contributed by atoms with E-state index in [1.54, 1.807) is 41.8 Å². The Labute approximate surface area is 180 Å². The molecule has 152 valence electrons. The Kier molecular flexibility index (Phi) is 5.83. The van der Waals surface area contributed by atoms with Gasteiger partial charge in [0.2, 0.25) is 0 Å². The van der Waals surface area contributed by atoms with Gasteiger partial charge in [-0.05, 0) is 48.9 Å². The van der Waals surface area contributed by atoms with Crippen molar-refractivity contribution >= 4 is 39.9 Å². The number of rotatable bonds is 6. The van der Waals surface area contributed by atoms with Crippen LogP contribution in [-0.4, -0.2) is 11.0 Å². The van der Waals surface area contributed by atoms with Gasteiger partial charge >= 0.3 is 11.6 Å². The van der Waals surface area contributed by atoms with E-state index in [4.69, 9.17) is 25.5 Å². The fourth-order valence-electron chi connectivity index (χ4n) is 2.86. The van der Waals surface area contributed by atoms with Gasteiger partial charge in [-0.1, -0.05) is 11.6 Å². The molecule has 0 aliphatic rings. The lowest BCUT2D eigenvalue weighted by Gasteiger charge is -2.05. The third-order valence-electron chi connectivity index (χ3n) is 4.26. The zero-order chi connectivity index (χ0) is 21.1. The van der Waals surface area contributed by atoms with Gasteiger partial charge < -0.3 is 13.9 Å². The molecule has 8 heteroatoms. The van der Waals surface area contributed by atoms with Crippen molar-refractivity contribution in [1.82, 2.24) is 4.98 Å². The van der Waals surface area contributed by atoms with Gasteiger partial charge in [-0.2, -0.15) is 0 Å². The van der Waals surface area contributed by atoms with Crippen LogP contribution in [0.3, 0.4) is 0 Å². The summed E-state index contributed by atoms with van der Waals surface area (Å²) in [5, 5.41) is 3.97. The molecule has 2 heterocycles. The quantitative estimate of drug-likeness (QED) is 0.239. The van der Waals surface area contributed by atoms with Crippen LogP contribution in [0.4, 0.5) is 0 Å². The van der Waals surface area contributed by atoms with Crippen LogP contribution in [0.1, 0.15) is 16.3 Å². The van der Waals surface area contributed by atoms with Gasteiger partial charge in [0, 0.05) is 27.9 Å². The molecule has 0 saturated carbocycles. The van der Waals surface area contributed by atoms with Crippen LogP contribution in [0.2, 0.25) is 5.02 Å². The molecule has 0 aliphatic heterocycles. The van der Waals surface area contributed by atoms with Crippen LogP contribution < -0.4 is 15.1 Å². The predicted octanol–water partition coefficient (Wildman–Crippen LogP) is 4.94. The van der Waals surface area contributed by atoms with Gasteiger partial charge in [-0.25, -0.2) is 9.78 Å². The summed E-state index contributed by atoms with van der Waals surface area (Å²) in [6, 6.07) is 13.4. The molecule has 0 atom stereocenters. The molecule has 4 aromatic rings. The normalized spacial score (nSPS) is 10.9. The van der Waals surface area contributed by atoms with Crippen molar-refractivity contribution in [2.24, 2.45) is 0 Å². The Bertz CT molecular complexity index is 1260. The summed E-state index contributed by atoms with van der Waals surface area (Å²) in [5.74, 6) is 0.538. The maximum Gasteiger partial charge on any atom is 0.336 e. The molecule has 4 rings (SSSR count). The number of halogens is 1. The highest BCUT2D eigenvalue weighted by atomic mass is 35.5. The first-order valence-corrected chi connectivity index (χ1v) is 10.3. The molecular weight excluding hydrogens is 426 g/mol. The lowest BCUT2D eigenvalue weighted by Crippen LogP contribution is -2.11. The third kappa shape index (κ3) is 4.87. The summed E-state index contributed by atoms with van der Waals surface area (Å²) in [6.07, 6.45) is 0.0211. The standard InChI is InChI=1S/C22H16ClNO5S/c1-13-8-21(25)29-19-10-17(6-7-18(13)19)28-22(26)9-15-12-30-20(24-15)11-27-16-4-2-14(23)3-5-16/h2-8,10,12H,9,11H2,1H3. The Balaban J connectivity index is 1.37. The van der Waals surface area contributed by atoms with Crippen LogP contribution >= 0.6 is 22.9 Å². The van der Waals surface area contributed by atoms with E-state index in [1.165, 1.54) is 23.5 Å². The van der Waals surface area contributed by atoms with Gasteiger partial charge in [0.1, 0.15) is 28.7 Å². The molecule has 6 nitrogen and oxygen atoms in total. The number of carbonyl (C=O) groups is 1. The van der Waals surface area contributed by atoms with Crippen LogP contribution in [-0.2, 0) is 17.8 Å². The highest BCUT2D eigenvalue weighted by molar-refractivity contribution is 7.09. The Morgan fingerprint density at radius 2 is 1.90 bits per heavy atom. The number of carbonyl (C=O) groups excluding carboxylic acids is 1. The number of fused-ring (bicyclic) bond motifs is 1. The third-order valence-corrected chi connectivity index (χ3v) is 5.38. The molecule has 0 aliphatic carbocycles. The van der Waals surface area contributed by atoms with E-state index in [2.05, 4.69) is 4.98 Å². The minimum Gasteiger partial charge on any atom is -0.486 e. The Morgan fingerprint density at radius 3 is 2.70 bits per heavy atom. The predicted molar refractivity (Wildman–Crippen MR) is 114 cm³/mol. The monoisotopic (exact) mass is 441 g/mol. The lowest BCUT2D eigenvalue weighted by molar-refractivity contribution is -0.133. The van der Waals surface area contributed by atoms with Crippen LogP contribution in [0.5, 0.6) is 11.5 Å². The van der Waals surface area contributed by atoms with Gasteiger partial charge in [0.15, 0.2) is 0 Å².